The van der Waals surface area contributed by atoms with Crippen molar-refractivity contribution in [3.63, 3.8) is 0 Å². The molecule has 1 heterocycles. The van der Waals surface area contributed by atoms with Crippen molar-refractivity contribution in [1.29, 1.82) is 0 Å². The van der Waals surface area contributed by atoms with Gasteiger partial charge in [0.15, 0.2) is 0 Å². The fourth-order valence-electron chi connectivity index (χ4n) is 2.78. The number of hydrogen-bond acceptors (Lipinski definition) is 3. The van der Waals surface area contributed by atoms with Crippen molar-refractivity contribution >= 4 is 28.4 Å². The number of fused-ring (bicyclic) bond motifs is 1. The summed E-state index contributed by atoms with van der Waals surface area (Å²) < 4.78 is 0. The largest absolute Gasteiger partial charge is 0.366 e. The van der Waals surface area contributed by atoms with Crippen molar-refractivity contribution in [1.82, 2.24) is 4.98 Å². The number of nitrogens with zero attached hydrogens (tertiary/aromatic N) is 1. The van der Waals surface area contributed by atoms with Gasteiger partial charge in [-0.05, 0) is 30.6 Å². The van der Waals surface area contributed by atoms with E-state index in [1.807, 2.05) is 18.0 Å². The first kappa shape index (κ1) is 11.8. The van der Waals surface area contributed by atoms with Gasteiger partial charge in [0.1, 0.15) is 5.82 Å². The van der Waals surface area contributed by atoms with Gasteiger partial charge in [0.05, 0.1) is 0 Å². The van der Waals surface area contributed by atoms with Crippen molar-refractivity contribution in [2.45, 2.75) is 30.6 Å². The SMILES string of the molecule is CSC1CCCC1Nc1nccc2ccccc12. The van der Waals surface area contributed by atoms with Gasteiger partial charge >= 0.3 is 0 Å². The second kappa shape index (κ2) is 5.19. The standard InChI is InChI=1S/C15H18N2S/c1-18-14-8-4-7-13(14)17-15-12-6-3-2-5-11(12)9-10-16-15/h2-3,5-6,9-10,13-14H,4,7-8H2,1H3,(H,16,17). The fraction of sp³-hybridized carbons (Fsp3) is 0.400. The summed E-state index contributed by atoms with van der Waals surface area (Å²) in [6, 6.07) is 11.1. The van der Waals surface area contributed by atoms with Crippen LogP contribution in [0.4, 0.5) is 5.82 Å². The first-order valence-corrected chi connectivity index (χ1v) is 7.80. The van der Waals surface area contributed by atoms with Crippen LogP contribution < -0.4 is 5.32 Å². The molecule has 1 aliphatic rings. The van der Waals surface area contributed by atoms with Crippen molar-refractivity contribution in [2.24, 2.45) is 0 Å². The molecule has 2 nitrogen and oxygen atoms in total. The molecule has 0 amide bonds. The van der Waals surface area contributed by atoms with Crippen molar-refractivity contribution < 1.29 is 0 Å². The van der Waals surface area contributed by atoms with Crippen LogP contribution in [0.15, 0.2) is 36.5 Å². The third kappa shape index (κ3) is 2.19. The monoisotopic (exact) mass is 258 g/mol. The second-order valence-electron chi connectivity index (χ2n) is 4.84. The zero-order chi connectivity index (χ0) is 12.4. The molecule has 94 valence electrons. The highest BCUT2D eigenvalue weighted by molar-refractivity contribution is 7.99. The molecule has 0 spiro atoms. The third-order valence-electron chi connectivity index (χ3n) is 3.75. The van der Waals surface area contributed by atoms with Crippen molar-refractivity contribution in [3.8, 4) is 0 Å². The first-order valence-electron chi connectivity index (χ1n) is 6.51. The first-order chi connectivity index (χ1) is 8.88. The van der Waals surface area contributed by atoms with E-state index in [2.05, 4.69) is 46.9 Å². The van der Waals surface area contributed by atoms with Crippen LogP contribution in [-0.4, -0.2) is 22.5 Å². The smallest absolute Gasteiger partial charge is 0.134 e. The Kier molecular flexibility index (Phi) is 3.41. The Morgan fingerprint density at radius 3 is 3.00 bits per heavy atom. The molecule has 2 aromatic rings. The van der Waals surface area contributed by atoms with Crippen LogP contribution in [0.2, 0.25) is 0 Å². The Balaban J connectivity index is 1.90. The van der Waals surface area contributed by atoms with Crippen molar-refractivity contribution in [2.75, 3.05) is 11.6 Å². The number of aromatic nitrogens is 1. The van der Waals surface area contributed by atoms with Crippen LogP contribution in [0.25, 0.3) is 10.8 Å². The number of anilines is 1. The van der Waals surface area contributed by atoms with Crippen LogP contribution in [0.5, 0.6) is 0 Å². The Labute approximate surface area is 112 Å². The lowest BCUT2D eigenvalue weighted by molar-refractivity contribution is 0.765. The molecule has 18 heavy (non-hydrogen) atoms. The highest BCUT2D eigenvalue weighted by atomic mass is 32.2. The average molecular weight is 258 g/mol. The molecular formula is C15H18N2S. The summed E-state index contributed by atoms with van der Waals surface area (Å²) in [7, 11) is 0. The Bertz CT molecular complexity index is 536. The quantitative estimate of drug-likeness (QED) is 0.903. The van der Waals surface area contributed by atoms with Crippen molar-refractivity contribution in [3.05, 3.63) is 36.5 Å². The van der Waals surface area contributed by atoms with E-state index in [4.69, 9.17) is 0 Å². The topological polar surface area (TPSA) is 24.9 Å². The number of benzene rings is 1. The van der Waals surface area contributed by atoms with E-state index >= 15 is 0 Å². The molecule has 0 saturated heterocycles. The molecule has 3 rings (SSSR count). The van der Waals surface area contributed by atoms with Crippen LogP contribution in [0, 0.1) is 0 Å². The van der Waals surface area contributed by atoms with E-state index in [9.17, 15) is 0 Å². The summed E-state index contributed by atoms with van der Waals surface area (Å²) in [5.74, 6) is 1.04. The maximum Gasteiger partial charge on any atom is 0.134 e. The molecule has 1 N–H and O–H groups in total. The Hall–Kier alpha value is -1.22. The van der Waals surface area contributed by atoms with E-state index in [1.54, 1.807) is 0 Å². The van der Waals surface area contributed by atoms with Gasteiger partial charge in [-0.1, -0.05) is 30.7 Å². The minimum atomic E-state index is 0.568. The number of rotatable bonds is 3. The molecule has 1 aromatic heterocycles. The van der Waals surface area contributed by atoms with Gasteiger partial charge in [0.2, 0.25) is 0 Å². The second-order valence-corrected chi connectivity index (χ2v) is 5.91. The van der Waals surface area contributed by atoms with Gasteiger partial charge in [-0.2, -0.15) is 11.8 Å². The van der Waals surface area contributed by atoms with Gasteiger partial charge in [0, 0.05) is 22.9 Å². The Morgan fingerprint density at radius 1 is 1.22 bits per heavy atom. The van der Waals surface area contributed by atoms with Crippen LogP contribution in [0.1, 0.15) is 19.3 Å². The lowest BCUT2D eigenvalue weighted by atomic mass is 10.1. The van der Waals surface area contributed by atoms with Crippen LogP contribution in [0.3, 0.4) is 0 Å². The fourth-order valence-corrected chi connectivity index (χ4v) is 3.72. The lowest BCUT2D eigenvalue weighted by Crippen LogP contribution is -2.26. The summed E-state index contributed by atoms with van der Waals surface area (Å²) in [6.07, 6.45) is 8.02. The molecule has 1 aliphatic carbocycles. The molecule has 0 radical (unpaired) electrons. The van der Waals surface area contributed by atoms with E-state index in [0.29, 0.717) is 6.04 Å². The van der Waals surface area contributed by atoms with Crippen LogP contribution in [-0.2, 0) is 0 Å². The summed E-state index contributed by atoms with van der Waals surface area (Å²) in [5.41, 5.74) is 0. The highest BCUT2D eigenvalue weighted by Gasteiger charge is 2.26. The summed E-state index contributed by atoms with van der Waals surface area (Å²) in [4.78, 5) is 4.52. The van der Waals surface area contributed by atoms with Gasteiger partial charge < -0.3 is 5.32 Å². The van der Waals surface area contributed by atoms with Gasteiger partial charge in [0.25, 0.3) is 0 Å². The molecule has 1 saturated carbocycles. The van der Waals surface area contributed by atoms with E-state index in [1.165, 1.54) is 30.0 Å². The van der Waals surface area contributed by atoms with E-state index in [0.717, 1.165) is 11.1 Å². The molecule has 2 unspecified atom stereocenters. The average Bonchev–Trinajstić information content (AvgIpc) is 2.86. The molecular weight excluding hydrogens is 240 g/mol. The van der Waals surface area contributed by atoms with E-state index in [-0.39, 0.29) is 0 Å². The third-order valence-corrected chi connectivity index (χ3v) is 4.92. The maximum atomic E-state index is 4.52. The number of nitrogens with one attached hydrogen (secondary N) is 1. The number of thioether (sulfide) groups is 1. The van der Waals surface area contributed by atoms with Gasteiger partial charge in [-0.15, -0.1) is 0 Å². The molecule has 0 aliphatic heterocycles. The molecule has 1 aromatic carbocycles. The minimum absolute atomic E-state index is 0.568. The van der Waals surface area contributed by atoms with Crippen LogP contribution >= 0.6 is 11.8 Å². The predicted molar refractivity (Wildman–Crippen MR) is 80.3 cm³/mol. The number of pyridine rings is 1. The zero-order valence-corrected chi connectivity index (χ0v) is 11.4. The Morgan fingerprint density at radius 2 is 2.11 bits per heavy atom. The highest BCUT2D eigenvalue weighted by Crippen LogP contribution is 2.32. The van der Waals surface area contributed by atoms with E-state index < -0.39 is 0 Å². The number of hydrogen-bond donors (Lipinski definition) is 1. The molecule has 3 heteroatoms. The van der Waals surface area contributed by atoms with Gasteiger partial charge in [-0.3, -0.25) is 0 Å². The summed E-state index contributed by atoms with van der Waals surface area (Å²) in [6.45, 7) is 0. The minimum Gasteiger partial charge on any atom is -0.366 e. The summed E-state index contributed by atoms with van der Waals surface area (Å²) in [5, 5.41) is 6.87. The lowest BCUT2D eigenvalue weighted by Gasteiger charge is -2.20. The molecule has 2 atom stereocenters. The molecule has 0 bridgehead atoms. The molecule has 1 fully saturated rings. The summed E-state index contributed by atoms with van der Waals surface area (Å²) >= 11 is 1.97. The maximum absolute atomic E-state index is 4.52. The van der Waals surface area contributed by atoms with Gasteiger partial charge in [-0.25, -0.2) is 4.98 Å². The normalized spacial score (nSPS) is 23.4. The zero-order valence-electron chi connectivity index (χ0n) is 10.6. The predicted octanol–water partition coefficient (Wildman–Crippen LogP) is 3.93.